The zero-order valence-electron chi connectivity index (χ0n) is 32.7. The summed E-state index contributed by atoms with van der Waals surface area (Å²) in [5.74, 6) is 4.71. The number of hydrogen-bond donors (Lipinski definition) is 0. The predicted molar refractivity (Wildman–Crippen MR) is 226 cm³/mol. The Kier molecular flexibility index (Phi) is 18.0. The van der Waals surface area contributed by atoms with Gasteiger partial charge in [0.1, 0.15) is 67.8 Å². The van der Waals surface area contributed by atoms with E-state index in [1.54, 1.807) is 0 Å². The fourth-order valence-electron chi connectivity index (χ4n) is 5.71. The van der Waals surface area contributed by atoms with Gasteiger partial charge in [0.25, 0.3) is 0 Å². The van der Waals surface area contributed by atoms with Crippen LogP contribution in [0.15, 0.2) is 178 Å². The van der Waals surface area contributed by atoms with E-state index < -0.39 is 10.9 Å². The third kappa shape index (κ3) is 14.1. The molecule has 0 saturated heterocycles. The van der Waals surface area contributed by atoms with Crippen molar-refractivity contribution in [3.05, 3.63) is 164 Å². The van der Waals surface area contributed by atoms with E-state index in [0.717, 1.165) is 49.2 Å². The Bertz CT molecular complexity index is 1770. The highest BCUT2D eigenvalue weighted by Gasteiger charge is 2.37. The molecule has 9 nitrogen and oxygen atoms in total. The summed E-state index contributed by atoms with van der Waals surface area (Å²) in [5.41, 5.74) is 0. The summed E-state index contributed by atoms with van der Waals surface area (Å²) in [7, 11) is -0.701. The second-order valence-corrected chi connectivity index (χ2v) is 14.4. The van der Waals surface area contributed by atoms with Gasteiger partial charge >= 0.3 is 0 Å². The molecule has 0 bridgehead atoms. The lowest BCUT2D eigenvalue weighted by Crippen LogP contribution is -2.16. The molecule has 0 radical (unpaired) electrons. The highest BCUT2D eigenvalue weighted by atomic mass is 32.2. The maximum absolute atomic E-state index is 6.44. The van der Waals surface area contributed by atoms with E-state index in [-0.39, 0.29) is 0 Å². The Labute approximate surface area is 344 Å². The first-order chi connectivity index (χ1) is 28.8. The summed E-state index contributed by atoms with van der Waals surface area (Å²) < 4.78 is 54.2. The SMILES string of the molecule is c1ccc(OCCOCCOc2ccccc2[S+](c2ccccc2OCCOCCOc2ccccc2)c2ccccc2OCCOCCOc2ccccc2)cc1. The van der Waals surface area contributed by atoms with Crippen molar-refractivity contribution in [2.24, 2.45) is 0 Å². The summed E-state index contributed by atoms with van der Waals surface area (Å²) in [6.07, 6.45) is 0. The number of ether oxygens (including phenoxy) is 9. The van der Waals surface area contributed by atoms with Crippen LogP contribution in [0, 0.1) is 0 Å². The molecule has 0 aliphatic carbocycles. The molecule has 0 amide bonds. The van der Waals surface area contributed by atoms with Gasteiger partial charge in [-0.3, -0.25) is 0 Å². The van der Waals surface area contributed by atoms with Crippen molar-refractivity contribution >= 4 is 10.9 Å². The fourth-order valence-corrected chi connectivity index (χ4v) is 8.05. The van der Waals surface area contributed by atoms with Gasteiger partial charge in [-0.2, -0.15) is 0 Å². The first-order valence-corrected chi connectivity index (χ1v) is 20.7. The predicted octanol–water partition coefficient (Wildman–Crippen LogP) is 9.21. The maximum atomic E-state index is 6.44. The van der Waals surface area contributed by atoms with Gasteiger partial charge < -0.3 is 42.6 Å². The quantitative estimate of drug-likeness (QED) is 0.0374. The van der Waals surface area contributed by atoms with Crippen molar-refractivity contribution in [3.63, 3.8) is 0 Å². The topological polar surface area (TPSA) is 83.1 Å². The van der Waals surface area contributed by atoms with Crippen molar-refractivity contribution in [2.45, 2.75) is 14.7 Å². The zero-order valence-corrected chi connectivity index (χ0v) is 33.5. The molecule has 58 heavy (non-hydrogen) atoms. The van der Waals surface area contributed by atoms with Gasteiger partial charge in [0, 0.05) is 0 Å². The average molecular weight is 804 g/mol. The van der Waals surface area contributed by atoms with Crippen LogP contribution in [0.1, 0.15) is 0 Å². The van der Waals surface area contributed by atoms with E-state index >= 15 is 0 Å². The Morgan fingerprint density at radius 1 is 0.241 bits per heavy atom. The number of rotatable bonds is 27. The van der Waals surface area contributed by atoms with Gasteiger partial charge in [-0.25, -0.2) is 0 Å². The zero-order chi connectivity index (χ0) is 39.7. The fraction of sp³-hybridized carbons (Fsp3) is 0.250. The minimum Gasteiger partial charge on any atom is -0.491 e. The molecule has 6 aromatic carbocycles. The van der Waals surface area contributed by atoms with E-state index in [0.29, 0.717) is 79.3 Å². The van der Waals surface area contributed by atoms with E-state index in [1.807, 2.05) is 146 Å². The van der Waals surface area contributed by atoms with Crippen LogP contribution in [-0.2, 0) is 25.1 Å². The minimum absolute atomic E-state index is 0.368. The van der Waals surface area contributed by atoms with E-state index in [9.17, 15) is 0 Å². The lowest BCUT2D eigenvalue weighted by atomic mass is 10.3. The average Bonchev–Trinajstić information content (AvgIpc) is 3.28. The molecule has 0 heterocycles. The normalized spacial score (nSPS) is 10.9. The highest BCUT2D eigenvalue weighted by molar-refractivity contribution is 7.97. The molecule has 302 valence electrons. The van der Waals surface area contributed by atoms with Crippen molar-refractivity contribution < 1.29 is 42.6 Å². The second kappa shape index (κ2) is 24.9. The Hall–Kier alpha value is -5.65. The Balaban J connectivity index is 1.11. The van der Waals surface area contributed by atoms with E-state index in [4.69, 9.17) is 42.6 Å². The van der Waals surface area contributed by atoms with Gasteiger partial charge in [0.05, 0.1) is 39.6 Å². The smallest absolute Gasteiger partial charge is 0.208 e. The standard InChI is InChI=1S/C48H51O9S/c1-4-16-40(17-5-1)52-34-28-49-31-37-55-43-22-10-13-25-46(43)58(47-26-14-11-23-44(47)56-38-32-50-29-35-53-41-18-6-2-7-19-41)48-27-15-12-24-45(48)57-39-33-51-30-36-54-42-20-8-3-9-21-42/h1-27H,28-39H2/q+1. The second-order valence-electron chi connectivity index (χ2n) is 12.5. The summed E-state index contributed by atoms with van der Waals surface area (Å²) in [6, 6.07) is 53.5. The van der Waals surface area contributed by atoms with Gasteiger partial charge in [0.15, 0.2) is 17.2 Å². The third-order valence-corrected chi connectivity index (χ3v) is 10.7. The number of hydrogen-bond acceptors (Lipinski definition) is 9. The summed E-state index contributed by atoms with van der Waals surface area (Å²) >= 11 is 0. The number of benzene rings is 6. The highest BCUT2D eigenvalue weighted by Crippen LogP contribution is 2.43. The molecule has 6 aromatic rings. The van der Waals surface area contributed by atoms with Crippen LogP contribution in [0.3, 0.4) is 0 Å². The molecule has 0 N–H and O–H groups in total. The van der Waals surface area contributed by atoms with Crippen LogP contribution in [-0.4, -0.2) is 79.3 Å². The monoisotopic (exact) mass is 803 g/mol. The first-order valence-electron chi connectivity index (χ1n) is 19.5. The summed E-state index contributed by atoms with van der Waals surface area (Å²) in [6.45, 7) is 5.05. The van der Waals surface area contributed by atoms with E-state index in [2.05, 4.69) is 18.2 Å². The van der Waals surface area contributed by atoms with Gasteiger partial charge in [-0.15, -0.1) is 0 Å². The molecule has 10 heteroatoms. The molecule has 0 unspecified atom stereocenters. The van der Waals surface area contributed by atoms with E-state index in [1.165, 1.54) is 0 Å². The molecule has 0 aliphatic heterocycles. The Morgan fingerprint density at radius 3 is 0.776 bits per heavy atom. The van der Waals surface area contributed by atoms with Crippen LogP contribution >= 0.6 is 0 Å². The van der Waals surface area contributed by atoms with Crippen LogP contribution in [0.4, 0.5) is 0 Å². The molecule has 0 saturated carbocycles. The Morgan fingerprint density at radius 2 is 0.483 bits per heavy atom. The van der Waals surface area contributed by atoms with Crippen molar-refractivity contribution in [2.75, 3.05) is 79.3 Å². The van der Waals surface area contributed by atoms with Crippen LogP contribution in [0.5, 0.6) is 34.5 Å². The van der Waals surface area contributed by atoms with Crippen LogP contribution in [0.25, 0.3) is 0 Å². The first kappa shape index (κ1) is 42.0. The van der Waals surface area contributed by atoms with Gasteiger partial charge in [0.2, 0.25) is 14.7 Å². The molecular weight excluding hydrogens is 753 g/mol. The molecule has 0 spiro atoms. The molecule has 0 fully saturated rings. The van der Waals surface area contributed by atoms with Crippen molar-refractivity contribution in [1.82, 2.24) is 0 Å². The molecule has 0 atom stereocenters. The van der Waals surface area contributed by atoms with Crippen LogP contribution < -0.4 is 28.4 Å². The lowest BCUT2D eigenvalue weighted by Gasteiger charge is -2.17. The molecular formula is C48H51O9S+. The van der Waals surface area contributed by atoms with Crippen molar-refractivity contribution in [3.8, 4) is 34.5 Å². The summed E-state index contributed by atoms with van der Waals surface area (Å²) in [5, 5.41) is 0. The number of para-hydroxylation sites is 6. The summed E-state index contributed by atoms with van der Waals surface area (Å²) in [4.78, 5) is 2.97. The largest absolute Gasteiger partial charge is 0.491 e. The van der Waals surface area contributed by atoms with Crippen LogP contribution in [0.2, 0.25) is 0 Å². The minimum atomic E-state index is -0.701. The third-order valence-electron chi connectivity index (χ3n) is 8.38. The lowest BCUT2D eigenvalue weighted by molar-refractivity contribution is 0.0754. The molecule has 6 rings (SSSR count). The van der Waals surface area contributed by atoms with Gasteiger partial charge in [-0.05, 0) is 72.8 Å². The molecule has 0 aliphatic rings. The van der Waals surface area contributed by atoms with Gasteiger partial charge in [-0.1, -0.05) is 91.0 Å². The molecule has 0 aromatic heterocycles. The van der Waals surface area contributed by atoms with Crippen molar-refractivity contribution in [1.29, 1.82) is 0 Å². The maximum Gasteiger partial charge on any atom is 0.208 e.